The highest BCUT2D eigenvalue weighted by Crippen LogP contribution is 2.30. The third-order valence-corrected chi connectivity index (χ3v) is 4.99. The molecular formula is C18H34N2O3. The molecule has 0 aromatic heterocycles. The summed E-state index contributed by atoms with van der Waals surface area (Å²) in [6.45, 7) is 10.4. The third kappa shape index (κ3) is 5.96. The van der Waals surface area contributed by atoms with Crippen molar-refractivity contribution in [2.75, 3.05) is 19.6 Å². The molecule has 0 radical (unpaired) electrons. The molecule has 1 saturated heterocycles. The molecule has 0 aromatic rings. The maximum absolute atomic E-state index is 11.9. The molecule has 134 valence electrons. The molecule has 2 aliphatic rings. The van der Waals surface area contributed by atoms with Crippen LogP contribution in [0.1, 0.15) is 66.2 Å². The average Bonchev–Trinajstić information content (AvgIpc) is 2.40. The lowest BCUT2D eigenvalue weighted by molar-refractivity contribution is -0.0367. The van der Waals surface area contributed by atoms with Crippen LogP contribution >= 0.6 is 0 Å². The topological polar surface area (TPSA) is 61.8 Å². The van der Waals surface area contributed by atoms with Crippen LogP contribution in [-0.2, 0) is 4.74 Å². The number of carbonyl (C=O) groups excluding carboxylic acids is 1. The van der Waals surface area contributed by atoms with E-state index in [0.717, 1.165) is 51.7 Å². The number of ether oxygens (including phenoxy) is 1. The van der Waals surface area contributed by atoms with Crippen molar-refractivity contribution >= 4 is 6.09 Å². The van der Waals surface area contributed by atoms with E-state index in [1.165, 1.54) is 6.42 Å². The fourth-order valence-corrected chi connectivity index (χ4v) is 3.83. The summed E-state index contributed by atoms with van der Waals surface area (Å²) < 4.78 is 5.35. The van der Waals surface area contributed by atoms with Crippen molar-refractivity contribution in [1.82, 2.24) is 10.2 Å². The molecule has 2 rings (SSSR count). The summed E-state index contributed by atoms with van der Waals surface area (Å²) >= 11 is 0. The minimum atomic E-state index is -0.497. The fourth-order valence-electron chi connectivity index (χ4n) is 3.83. The number of hydrogen-bond donors (Lipinski definition) is 2. The average molecular weight is 326 g/mol. The van der Waals surface area contributed by atoms with Gasteiger partial charge in [0.05, 0.1) is 5.60 Å². The van der Waals surface area contributed by atoms with Gasteiger partial charge in [-0.1, -0.05) is 26.2 Å². The smallest absolute Gasteiger partial charge is 0.407 e. The molecule has 2 atom stereocenters. The van der Waals surface area contributed by atoms with Crippen molar-refractivity contribution in [3.63, 3.8) is 0 Å². The van der Waals surface area contributed by atoms with E-state index in [0.29, 0.717) is 5.92 Å². The van der Waals surface area contributed by atoms with Gasteiger partial charge >= 0.3 is 6.09 Å². The Hall–Kier alpha value is -0.810. The van der Waals surface area contributed by atoms with Crippen LogP contribution in [0.4, 0.5) is 4.79 Å². The van der Waals surface area contributed by atoms with Gasteiger partial charge in [0.2, 0.25) is 0 Å². The minimum absolute atomic E-state index is 0.155. The second kappa shape index (κ2) is 7.39. The first-order chi connectivity index (χ1) is 10.7. The number of alkyl carbamates (subject to hydrolysis) is 1. The summed E-state index contributed by atoms with van der Waals surface area (Å²) in [6.07, 6.45) is 5.98. The molecule has 1 aliphatic heterocycles. The Morgan fingerprint density at radius 3 is 2.52 bits per heavy atom. The monoisotopic (exact) mass is 326 g/mol. The molecule has 1 amide bonds. The van der Waals surface area contributed by atoms with E-state index in [2.05, 4.69) is 17.1 Å². The number of rotatable bonds is 3. The fraction of sp³-hybridized carbons (Fsp3) is 0.944. The number of aliphatic hydroxyl groups is 1. The van der Waals surface area contributed by atoms with Gasteiger partial charge in [-0.25, -0.2) is 4.79 Å². The maximum atomic E-state index is 11.9. The molecule has 0 aromatic carbocycles. The van der Waals surface area contributed by atoms with E-state index in [1.54, 1.807) is 0 Å². The Kier molecular flexibility index (Phi) is 5.95. The summed E-state index contributed by atoms with van der Waals surface area (Å²) in [4.78, 5) is 14.3. The SMILES string of the molecule is C[C@H]1CN(CC2(O)CCCCC2)CC[C@@H]1NC(=O)OC(C)(C)C. The first-order valence-electron chi connectivity index (χ1n) is 9.11. The Balaban J connectivity index is 1.79. The maximum Gasteiger partial charge on any atom is 0.407 e. The van der Waals surface area contributed by atoms with Gasteiger partial charge in [0.1, 0.15) is 5.60 Å². The number of hydrogen-bond acceptors (Lipinski definition) is 4. The van der Waals surface area contributed by atoms with E-state index in [4.69, 9.17) is 4.74 Å². The third-order valence-electron chi connectivity index (χ3n) is 4.99. The summed E-state index contributed by atoms with van der Waals surface area (Å²) in [6, 6.07) is 0.155. The van der Waals surface area contributed by atoms with Crippen molar-refractivity contribution in [3.8, 4) is 0 Å². The zero-order valence-electron chi connectivity index (χ0n) is 15.2. The summed E-state index contributed by atoms with van der Waals surface area (Å²) in [5.41, 5.74) is -0.957. The summed E-state index contributed by atoms with van der Waals surface area (Å²) in [5.74, 6) is 0.364. The number of amides is 1. The summed E-state index contributed by atoms with van der Waals surface area (Å²) in [5, 5.41) is 13.7. The zero-order valence-corrected chi connectivity index (χ0v) is 15.2. The number of piperidine rings is 1. The van der Waals surface area contributed by atoms with Gasteiger partial charge in [-0.05, 0) is 46.0 Å². The number of nitrogens with one attached hydrogen (secondary N) is 1. The van der Waals surface area contributed by atoms with Crippen molar-refractivity contribution in [3.05, 3.63) is 0 Å². The zero-order chi connectivity index (χ0) is 17.1. The Bertz CT molecular complexity index is 400. The van der Waals surface area contributed by atoms with Crippen molar-refractivity contribution < 1.29 is 14.6 Å². The van der Waals surface area contributed by atoms with Crippen LogP contribution in [0.5, 0.6) is 0 Å². The van der Waals surface area contributed by atoms with Crippen molar-refractivity contribution in [2.24, 2.45) is 5.92 Å². The van der Waals surface area contributed by atoms with Gasteiger partial charge in [0, 0.05) is 25.7 Å². The Morgan fingerprint density at radius 1 is 1.30 bits per heavy atom. The lowest BCUT2D eigenvalue weighted by Gasteiger charge is -2.42. The van der Waals surface area contributed by atoms with Crippen LogP contribution in [-0.4, -0.2) is 53.0 Å². The number of likely N-dealkylation sites (tertiary alicyclic amines) is 1. The minimum Gasteiger partial charge on any atom is -0.444 e. The molecule has 5 heteroatoms. The van der Waals surface area contributed by atoms with E-state index < -0.39 is 11.2 Å². The van der Waals surface area contributed by atoms with Crippen molar-refractivity contribution in [1.29, 1.82) is 0 Å². The second-order valence-corrected chi connectivity index (χ2v) is 8.54. The standard InChI is InChI=1S/C18H34N2O3/c1-14-12-20(13-18(22)9-6-5-7-10-18)11-8-15(14)19-16(21)23-17(2,3)4/h14-15,22H,5-13H2,1-4H3,(H,19,21)/t14-,15-/m0/s1. The molecule has 23 heavy (non-hydrogen) atoms. The number of nitrogens with zero attached hydrogens (tertiary/aromatic N) is 1. The first-order valence-corrected chi connectivity index (χ1v) is 9.11. The van der Waals surface area contributed by atoms with E-state index >= 15 is 0 Å². The first kappa shape index (κ1) is 18.5. The second-order valence-electron chi connectivity index (χ2n) is 8.54. The molecule has 0 unspecified atom stereocenters. The molecular weight excluding hydrogens is 292 g/mol. The molecule has 2 fully saturated rings. The van der Waals surface area contributed by atoms with Gasteiger partial charge in [0.25, 0.3) is 0 Å². The van der Waals surface area contributed by atoms with Gasteiger partial charge in [-0.2, -0.15) is 0 Å². The normalized spacial score (nSPS) is 29.1. The van der Waals surface area contributed by atoms with Gasteiger partial charge < -0.3 is 20.1 Å². The molecule has 0 bridgehead atoms. The van der Waals surface area contributed by atoms with Crippen LogP contribution in [0, 0.1) is 5.92 Å². The van der Waals surface area contributed by atoms with E-state index in [-0.39, 0.29) is 12.1 Å². The van der Waals surface area contributed by atoms with Crippen LogP contribution in [0.25, 0.3) is 0 Å². The quantitative estimate of drug-likeness (QED) is 0.837. The molecule has 1 heterocycles. The van der Waals surface area contributed by atoms with Gasteiger partial charge in [-0.3, -0.25) is 0 Å². The molecule has 5 nitrogen and oxygen atoms in total. The van der Waals surface area contributed by atoms with Crippen LogP contribution < -0.4 is 5.32 Å². The van der Waals surface area contributed by atoms with Crippen molar-refractivity contribution in [2.45, 2.75) is 83.5 Å². The van der Waals surface area contributed by atoms with Gasteiger partial charge in [0.15, 0.2) is 0 Å². The summed E-state index contributed by atoms with van der Waals surface area (Å²) in [7, 11) is 0. The molecule has 2 N–H and O–H groups in total. The highest BCUT2D eigenvalue weighted by molar-refractivity contribution is 5.68. The highest BCUT2D eigenvalue weighted by atomic mass is 16.6. The van der Waals surface area contributed by atoms with Gasteiger partial charge in [-0.15, -0.1) is 0 Å². The predicted molar refractivity (Wildman–Crippen MR) is 91.4 cm³/mol. The number of carbonyl (C=O) groups is 1. The lowest BCUT2D eigenvalue weighted by atomic mass is 9.83. The Morgan fingerprint density at radius 2 is 1.96 bits per heavy atom. The van der Waals surface area contributed by atoms with Crippen LogP contribution in [0.15, 0.2) is 0 Å². The Labute approximate surface area is 140 Å². The van der Waals surface area contributed by atoms with Crippen LogP contribution in [0.2, 0.25) is 0 Å². The van der Waals surface area contributed by atoms with E-state index in [9.17, 15) is 9.90 Å². The van der Waals surface area contributed by atoms with E-state index in [1.807, 2.05) is 20.8 Å². The molecule has 1 saturated carbocycles. The largest absolute Gasteiger partial charge is 0.444 e. The lowest BCUT2D eigenvalue weighted by Crippen LogP contribution is -2.54. The molecule has 0 spiro atoms. The number of β-amino-alcohol motifs (C(OH)–C–C–N with tert-alkyl or cyclic N) is 1. The van der Waals surface area contributed by atoms with Crippen LogP contribution in [0.3, 0.4) is 0 Å². The highest BCUT2D eigenvalue weighted by Gasteiger charge is 2.35. The molecule has 1 aliphatic carbocycles. The predicted octanol–water partition coefficient (Wildman–Crippen LogP) is 2.92.